The van der Waals surface area contributed by atoms with Gasteiger partial charge in [0.05, 0.1) is 19.8 Å². The van der Waals surface area contributed by atoms with Gasteiger partial charge in [-0.05, 0) is 19.1 Å². The maximum absolute atomic E-state index is 12.2. The van der Waals surface area contributed by atoms with Gasteiger partial charge in [0, 0.05) is 6.54 Å². The summed E-state index contributed by atoms with van der Waals surface area (Å²) in [6.45, 7) is 1.89. The van der Waals surface area contributed by atoms with Gasteiger partial charge in [0.2, 0.25) is 0 Å². The summed E-state index contributed by atoms with van der Waals surface area (Å²) < 4.78 is 9.46. The molecule has 1 aromatic carbocycles. The lowest BCUT2D eigenvalue weighted by Crippen LogP contribution is -2.36. The number of amides is 1. The maximum atomic E-state index is 12.2. The number of esters is 1. The summed E-state index contributed by atoms with van der Waals surface area (Å²) in [7, 11) is 2.65. The van der Waals surface area contributed by atoms with Gasteiger partial charge in [0.1, 0.15) is 6.54 Å². The van der Waals surface area contributed by atoms with E-state index in [-0.39, 0.29) is 23.6 Å². The minimum absolute atomic E-state index is 0.0881. The van der Waals surface area contributed by atoms with Crippen LogP contribution in [-0.4, -0.2) is 49.2 Å². The molecule has 6 nitrogen and oxygen atoms in total. The third-order valence-electron chi connectivity index (χ3n) is 2.67. The molecular formula is C13H17NO5. The van der Waals surface area contributed by atoms with Crippen LogP contribution in [0.1, 0.15) is 17.3 Å². The first kappa shape index (κ1) is 14.8. The Kier molecular flexibility index (Phi) is 5.17. The number of methoxy groups -OCH3 is 2. The molecule has 0 heterocycles. The summed E-state index contributed by atoms with van der Waals surface area (Å²) in [5, 5.41) is 9.91. The number of carbonyl (C=O) groups excluding carboxylic acids is 2. The highest BCUT2D eigenvalue weighted by Crippen LogP contribution is 2.30. The fourth-order valence-electron chi connectivity index (χ4n) is 1.58. The molecule has 1 N–H and O–H groups in total. The van der Waals surface area contributed by atoms with Crippen LogP contribution in [0.5, 0.6) is 11.5 Å². The van der Waals surface area contributed by atoms with Gasteiger partial charge in [-0.2, -0.15) is 0 Å². The van der Waals surface area contributed by atoms with Gasteiger partial charge in [-0.3, -0.25) is 9.59 Å². The summed E-state index contributed by atoms with van der Waals surface area (Å²) in [5.41, 5.74) is 0.0881. The van der Waals surface area contributed by atoms with Crippen molar-refractivity contribution >= 4 is 11.9 Å². The Morgan fingerprint density at radius 2 is 2.00 bits per heavy atom. The van der Waals surface area contributed by atoms with E-state index < -0.39 is 11.9 Å². The molecule has 0 unspecified atom stereocenters. The molecule has 0 radical (unpaired) electrons. The maximum Gasteiger partial charge on any atom is 0.325 e. The van der Waals surface area contributed by atoms with Crippen LogP contribution in [0.4, 0.5) is 0 Å². The van der Waals surface area contributed by atoms with Gasteiger partial charge < -0.3 is 19.5 Å². The van der Waals surface area contributed by atoms with E-state index in [0.29, 0.717) is 6.54 Å². The topological polar surface area (TPSA) is 76.1 Å². The van der Waals surface area contributed by atoms with E-state index in [9.17, 15) is 14.7 Å². The number of phenolic OH excluding ortho intramolecular Hbond substituents is 1. The molecule has 0 saturated carbocycles. The molecule has 1 amide bonds. The molecule has 0 bridgehead atoms. The van der Waals surface area contributed by atoms with Gasteiger partial charge in [-0.15, -0.1) is 0 Å². The number of ether oxygens (including phenoxy) is 2. The number of likely N-dealkylation sites (N-methyl/N-ethyl adjacent to an activating group) is 1. The molecule has 104 valence electrons. The van der Waals surface area contributed by atoms with Crippen molar-refractivity contribution in [2.45, 2.75) is 6.92 Å². The minimum Gasteiger partial charge on any atom is -0.504 e. The number of rotatable bonds is 5. The zero-order valence-electron chi connectivity index (χ0n) is 11.2. The van der Waals surface area contributed by atoms with Gasteiger partial charge in [-0.1, -0.05) is 6.07 Å². The highest BCUT2D eigenvalue weighted by molar-refractivity contribution is 5.99. The SMILES string of the molecule is CCN(CC(=O)OC)C(=O)c1cccc(OC)c1O. The van der Waals surface area contributed by atoms with Crippen LogP contribution in [0, 0.1) is 0 Å². The lowest BCUT2D eigenvalue weighted by molar-refractivity contribution is -0.141. The van der Waals surface area contributed by atoms with Crippen molar-refractivity contribution in [2.24, 2.45) is 0 Å². The van der Waals surface area contributed by atoms with Crippen molar-refractivity contribution in [1.82, 2.24) is 4.90 Å². The molecule has 0 aliphatic heterocycles. The molecule has 0 aromatic heterocycles. The van der Waals surface area contributed by atoms with Crippen LogP contribution < -0.4 is 4.74 Å². The lowest BCUT2D eigenvalue weighted by Gasteiger charge is -2.20. The highest BCUT2D eigenvalue weighted by Gasteiger charge is 2.21. The van der Waals surface area contributed by atoms with Gasteiger partial charge in [0.15, 0.2) is 11.5 Å². The van der Waals surface area contributed by atoms with Gasteiger partial charge in [0.25, 0.3) is 5.91 Å². The first-order valence-corrected chi connectivity index (χ1v) is 5.77. The van der Waals surface area contributed by atoms with Crippen molar-refractivity contribution in [3.05, 3.63) is 23.8 Å². The van der Waals surface area contributed by atoms with Crippen molar-refractivity contribution in [1.29, 1.82) is 0 Å². The molecule has 1 rings (SSSR count). The van der Waals surface area contributed by atoms with Crippen LogP contribution >= 0.6 is 0 Å². The number of phenols is 1. The average Bonchev–Trinajstić information content (AvgIpc) is 2.44. The third-order valence-corrected chi connectivity index (χ3v) is 2.67. The van der Waals surface area contributed by atoms with E-state index in [1.165, 1.54) is 25.2 Å². The molecule has 19 heavy (non-hydrogen) atoms. The standard InChI is InChI=1S/C13H17NO5/c1-4-14(8-11(15)19-3)13(17)9-6-5-7-10(18-2)12(9)16/h5-7,16H,4,8H2,1-3H3. The van der Waals surface area contributed by atoms with Crippen LogP contribution in [-0.2, 0) is 9.53 Å². The van der Waals surface area contributed by atoms with Crippen molar-refractivity contribution in [3.63, 3.8) is 0 Å². The Morgan fingerprint density at radius 1 is 1.32 bits per heavy atom. The average molecular weight is 267 g/mol. The largest absolute Gasteiger partial charge is 0.504 e. The zero-order chi connectivity index (χ0) is 14.4. The van der Waals surface area contributed by atoms with E-state index >= 15 is 0 Å². The van der Waals surface area contributed by atoms with Crippen LogP contribution in [0.3, 0.4) is 0 Å². The van der Waals surface area contributed by atoms with Gasteiger partial charge >= 0.3 is 5.97 Å². The van der Waals surface area contributed by atoms with E-state index in [2.05, 4.69) is 4.74 Å². The Balaban J connectivity index is 3.01. The molecule has 1 aromatic rings. The number of hydrogen-bond acceptors (Lipinski definition) is 5. The Labute approximate surface area is 111 Å². The molecule has 0 saturated heterocycles. The van der Waals surface area contributed by atoms with E-state index in [1.54, 1.807) is 19.1 Å². The number of hydrogen-bond donors (Lipinski definition) is 1. The van der Waals surface area contributed by atoms with E-state index in [0.717, 1.165) is 0 Å². The zero-order valence-corrected chi connectivity index (χ0v) is 11.2. The van der Waals surface area contributed by atoms with Crippen LogP contribution in [0.15, 0.2) is 18.2 Å². The number of para-hydroxylation sites is 1. The predicted octanol–water partition coefficient (Wildman–Crippen LogP) is 1.04. The summed E-state index contributed by atoms with van der Waals surface area (Å²) >= 11 is 0. The molecule has 0 fully saturated rings. The lowest BCUT2D eigenvalue weighted by atomic mass is 10.1. The third kappa shape index (κ3) is 3.37. The summed E-state index contributed by atoms with van der Waals surface area (Å²) in [4.78, 5) is 24.7. The predicted molar refractivity (Wildman–Crippen MR) is 68.3 cm³/mol. The molecule has 0 spiro atoms. The summed E-state index contributed by atoms with van der Waals surface area (Å²) in [6.07, 6.45) is 0. The summed E-state index contributed by atoms with van der Waals surface area (Å²) in [5.74, 6) is -1.000. The normalized spacial score (nSPS) is 9.84. The minimum atomic E-state index is -0.516. The van der Waals surface area contributed by atoms with E-state index in [4.69, 9.17) is 4.74 Å². The quantitative estimate of drug-likeness (QED) is 0.806. The summed E-state index contributed by atoms with van der Waals surface area (Å²) in [6, 6.07) is 4.61. The van der Waals surface area contributed by atoms with Crippen LogP contribution in [0.2, 0.25) is 0 Å². The molecule has 0 atom stereocenters. The monoisotopic (exact) mass is 267 g/mol. The second kappa shape index (κ2) is 6.63. The number of benzene rings is 1. The van der Waals surface area contributed by atoms with Crippen molar-refractivity contribution in [2.75, 3.05) is 27.3 Å². The Morgan fingerprint density at radius 3 is 2.53 bits per heavy atom. The first-order valence-electron chi connectivity index (χ1n) is 5.77. The second-order valence-electron chi connectivity index (χ2n) is 3.75. The van der Waals surface area contributed by atoms with Crippen molar-refractivity contribution in [3.8, 4) is 11.5 Å². The van der Waals surface area contributed by atoms with Crippen molar-refractivity contribution < 1.29 is 24.2 Å². The number of nitrogens with zero attached hydrogens (tertiary/aromatic N) is 1. The Hall–Kier alpha value is -2.24. The fourth-order valence-corrected chi connectivity index (χ4v) is 1.58. The number of carbonyl (C=O) groups is 2. The molecular weight excluding hydrogens is 250 g/mol. The van der Waals surface area contributed by atoms with Gasteiger partial charge in [-0.25, -0.2) is 0 Å². The molecule has 0 aliphatic carbocycles. The van der Waals surface area contributed by atoms with Crippen LogP contribution in [0.25, 0.3) is 0 Å². The number of aromatic hydroxyl groups is 1. The second-order valence-corrected chi connectivity index (χ2v) is 3.75. The highest BCUT2D eigenvalue weighted by atomic mass is 16.5. The molecule has 6 heteroatoms. The smallest absolute Gasteiger partial charge is 0.325 e. The fraction of sp³-hybridized carbons (Fsp3) is 0.385. The molecule has 0 aliphatic rings. The van der Waals surface area contributed by atoms with E-state index in [1.807, 2.05) is 0 Å². The Bertz CT molecular complexity index is 472. The first-order chi connectivity index (χ1) is 9.04.